The molecule has 11 rings (SSSR count). The van der Waals surface area contributed by atoms with Crippen LogP contribution in [0.3, 0.4) is 0 Å². The molecule has 0 fully saturated rings. The molecule has 8 aromatic carbocycles. The van der Waals surface area contributed by atoms with Gasteiger partial charge in [-0.25, -0.2) is 19.9 Å². The van der Waals surface area contributed by atoms with Crippen molar-refractivity contribution in [3.8, 4) is 56.7 Å². The highest BCUT2D eigenvalue weighted by Gasteiger charge is 2.35. The van der Waals surface area contributed by atoms with Crippen LogP contribution in [-0.4, -0.2) is 19.9 Å². The fourth-order valence-corrected chi connectivity index (χ4v) is 8.39. The number of hydrogen-bond acceptors (Lipinski definition) is 5. The van der Waals surface area contributed by atoms with E-state index in [1.807, 2.05) is 54.6 Å². The number of nitrogens with zero attached hydrogens (tertiary/aromatic N) is 4. The number of benzene rings is 8. The topological polar surface area (TPSA) is 64.7 Å². The summed E-state index contributed by atoms with van der Waals surface area (Å²) in [6.45, 7) is 4.60. The van der Waals surface area contributed by atoms with Gasteiger partial charge in [-0.3, -0.25) is 0 Å². The summed E-state index contributed by atoms with van der Waals surface area (Å²) in [5.74, 6) is 2.55. The van der Waals surface area contributed by atoms with Crippen molar-refractivity contribution in [1.82, 2.24) is 19.9 Å². The zero-order valence-corrected chi connectivity index (χ0v) is 29.7. The van der Waals surface area contributed by atoms with Crippen LogP contribution in [0, 0.1) is 0 Å². The third kappa shape index (κ3) is 4.65. The van der Waals surface area contributed by atoms with Crippen LogP contribution in [0.15, 0.2) is 162 Å². The normalized spacial score (nSPS) is 13.1. The molecule has 1 aliphatic carbocycles. The third-order valence-electron chi connectivity index (χ3n) is 11.1. The number of rotatable bonds is 4. The molecular weight excluding hydrogens is 661 g/mol. The first-order chi connectivity index (χ1) is 26.5. The largest absolute Gasteiger partial charge is 0.435 e. The van der Waals surface area contributed by atoms with Crippen LogP contribution in [0.25, 0.3) is 100 Å². The molecule has 5 nitrogen and oxygen atoms in total. The lowest BCUT2D eigenvalue weighted by Gasteiger charge is -2.21. The van der Waals surface area contributed by atoms with E-state index in [-0.39, 0.29) is 5.41 Å². The highest BCUT2D eigenvalue weighted by molar-refractivity contribution is 6.26. The van der Waals surface area contributed by atoms with Crippen molar-refractivity contribution in [3.05, 3.63) is 169 Å². The first-order valence-corrected chi connectivity index (χ1v) is 18.3. The predicted molar refractivity (Wildman–Crippen MR) is 219 cm³/mol. The first kappa shape index (κ1) is 30.6. The Morgan fingerprint density at radius 1 is 0.426 bits per heavy atom. The van der Waals surface area contributed by atoms with Gasteiger partial charge in [0, 0.05) is 38.4 Å². The zero-order valence-electron chi connectivity index (χ0n) is 29.7. The molecule has 54 heavy (non-hydrogen) atoms. The van der Waals surface area contributed by atoms with E-state index in [2.05, 4.69) is 117 Å². The van der Waals surface area contributed by atoms with E-state index < -0.39 is 0 Å². The number of hydrogen-bond donors (Lipinski definition) is 0. The van der Waals surface area contributed by atoms with E-state index in [0.29, 0.717) is 23.4 Å². The fourth-order valence-electron chi connectivity index (χ4n) is 8.39. The summed E-state index contributed by atoms with van der Waals surface area (Å²) in [5, 5.41) is 6.67. The molecule has 2 aromatic heterocycles. The highest BCUT2D eigenvalue weighted by atomic mass is 16.3. The molecule has 0 amide bonds. The molecule has 5 heteroatoms. The SMILES string of the molecule is CC1(C)c2ccccc2-c2ccc(-c3nc(-c4ccccc4)nc(-c4ccc5c(ccc6ccc7ccc8nc(-c9ccccc9)oc8c7c65)c4)n3)cc21. The van der Waals surface area contributed by atoms with Gasteiger partial charge in [-0.15, -0.1) is 0 Å². The molecule has 0 spiro atoms. The van der Waals surface area contributed by atoms with E-state index in [4.69, 9.17) is 24.4 Å². The maximum atomic E-state index is 6.55. The Morgan fingerprint density at radius 2 is 1.00 bits per heavy atom. The summed E-state index contributed by atoms with van der Waals surface area (Å²) >= 11 is 0. The van der Waals surface area contributed by atoms with Crippen molar-refractivity contribution in [1.29, 1.82) is 0 Å². The minimum absolute atomic E-state index is 0.133. The molecule has 0 saturated carbocycles. The smallest absolute Gasteiger partial charge is 0.227 e. The van der Waals surface area contributed by atoms with Crippen molar-refractivity contribution >= 4 is 43.4 Å². The van der Waals surface area contributed by atoms with E-state index in [1.165, 1.54) is 22.3 Å². The average molecular weight is 693 g/mol. The Hall–Kier alpha value is -6.98. The molecule has 0 unspecified atom stereocenters. The Labute approximate surface area is 311 Å². The van der Waals surface area contributed by atoms with Gasteiger partial charge in [0.2, 0.25) is 5.89 Å². The second-order valence-corrected chi connectivity index (χ2v) is 14.7. The van der Waals surface area contributed by atoms with Gasteiger partial charge in [-0.05, 0) is 74.1 Å². The van der Waals surface area contributed by atoms with Crippen LogP contribution in [0.4, 0.5) is 0 Å². The Morgan fingerprint density at radius 3 is 1.76 bits per heavy atom. The lowest BCUT2D eigenvalue weighted by molar-refractivity contribution is 0.623. The number of oxazole rings is 1. The van der Waals surface area contributed by atoms with Crippen LogP contribution in [0.1, 0.15) is 25.0 Å². The minimum atomic E-state index is -0.133. The van der Waals surface area contributed by atoms with Crippen LogP contribution >= 0.6 is 0 Å². The molecule has 1 aliphatic rings. The lowest BCUT2D eigenvalue weighted by atomic mass is 9.82. The van der Waals surface area contributed by atoms with E-state index >= 15 is 0 Å². The molecule has 0 atom stereocenters. The van der Waals surface area contributed by atoms with Crippen molar-refractivity contribution < 1.29 is 4.42 Å². The van der Waals surface area contributed by atoms with Gasteiger partial charge in [0.05, 0.1) is 0 Å². The van der Waals surface area contributed by atoms with Crippen LogP contribution in [-0.2, 0) is 5.41 Å². The minimum Gasteiger partial charge on any atom is -0.435 e. The molecule has 0 bridgehead atoms. The summed E-state index contributed by atoms with van der Waals surface area (Å²) in [6.07, 6.45) is 0. The Bertz CT molecular complexity index is 3130. The summed E-state index contributed by atoms with van der Waals surface area (Å²) in [5.41, 5.74) is 10.5. The first-order valence-electron chi connectivity index (χ1n) is 18.3. The maximum absolute atomic E-state index is 6.55. The molecule has 0 radical (unpaired) electrons. The van der Waals surface area contributed by atoms with Gasteiger partial charge in [0.25, 0.3) is 0 Å². The molecule has 0 aliphatic heterocycles. The molecule has 0 saturated heterocycles. The van der Waals surface area contributed by atoms with E-state index in [1.54, 1.807) is 0 Å². The lowest BCUT2D eigenvalue weighted by Crippen LogP contribution is -2.15. The molecule has 0 N–H and O–H groups in total. The number of aromatic nitrogens is 4. The standard InChI is InChI=1S/C49H32N4O/c1-49(2)39-16-10-9-15-37(39)38-25-22-35(28-40(38)49)47-52-45(31-11-5-3-6-12-31)51-46(53-47)34-21-24-36-33(27-34)20-19-29-17-18-30-23-26-41-44(43(30)42(29)36)54-48(50-41)32-13-7-4-8-14-32/h3-28H,1-2H3. The molecule has 10 aromatic rings. The summed E-state index contributed by atoms with van der Waals surface area (Å²) in [7, 11) is 0. The van der Waals surface area contributed by atoms with Gasteiger partial charge >= 0.3 is 0 Å². The summed E-state index contributed by atoms with van der Waals surface area (Å²) in [6, 6.07) is 55.0. The monoisotopic (exact) mass is 692 g/mol. The van der Waals surface area contributed by atoms with Crippen LogP contribution in [0.2, 0.25) is 0 Å². The van der Waals surface area contributed by atoms with Gasteiger partial charge < -0.3 is 4.42 Å². The van der Waals surface area contributed by atoms with E-state index in [9.17, 15) is 0 Å². The fraction of sp³-hybridized carbons (Fsp3) is 0.0612. The van der Waals surface area contributed by atoms with Crippen molar-refractivity contribution in [2.45, 2.75) is 19.3 Å². The van der Waals surface area contributed by atoms with E-state index in [0.717, 1.165) is 65.7 Å². The van der Waals surface area contributed by atoms with Gasteiger partial charge in [0.1, 0.15) is 5.52 Å². The Kier molecular flexibility index (Phi) is 6.53. The second kappa shape index (κ2) is 11.5. The highest BCUT2D eigenvalue weighted by Crippen LogP contribution is 2.49. The van der Waals surface area contributed by atoms with Crippen LogP contribution in [0.5, 0.6) is 0 Å². The molecule has 254 valence electrons. The Balaban J connectivity index is 1.09. The third-order valence-corrected chi connectivity index (χ3v) is 11.1. The quantitative estimate of drug-likeness (QED) is 0.172. The van der Waals surface area contributed by atoms with Crippen LogP contribution < -0.4 is 0 Å². The van der Waals surface area contributed by atoms with Crippen molar-refractivity contribution in [2.75, 3.05) is 0 Å². The van der Waals surface area contributed by atoms with Gasteiger partial charge in [-0.1, -0.05) is 141 Å². The molecular formula is C49H32N4O. The second-order valence-electron chi connectivity index (χ2n) is 14.7. The summed E-state index contributed by atoms with van der Waals surface area (Å²) in [4.78, 5) is 20.2. The average Bonchev–Trinajstić information content (AvgIpc) is 3.77. The molecule has 2 heterocycles. The predicted octanol–water partition coefficient (Wildman–Crippen LogP) is 12.4. The van der Waals surface area contributed by atoms with Gasteiger partial charge in [0.15, 0.2) is 23.1 Å². The van der Waals surface area contributed by atoms with Gasteiger partial charge in [-0.2, -0.15) is 0 Å². The summed E-state index contributed by atoms with van der Waals surface area (Å²) < 4.78 is 6.55. The number of fused-ring (bicyclic) bond motifs is 10. The zero-order chi connectivity index (χ0) is 36.0. The van der Waals surface area contributed by atoms with Crippen molar-refractivity contribution in [2.24, 2.45) is 0 Å². The maximum Gasteiger partial charge on any atom is 0.227 e. The van der Waals surface area contributed by atoms with Crippen molar-refractivity contribution in [3.63, 3.8) is 0 Å².